The summed E-state index contributed by atoms with van der Waals surface area (Å²) in [6.45, 7) is 2.19. The van der Waals surface area contributed by atoms with Crippen molar-refractivity contribution >= 4 is 5.97 Å². The van der Waals surface area contributed by atoms with Gasteiger partial charge in [0.25, 0.3) is 0 Å². The molecule has 0 heterocycles. The van der Waals surface area contributed by atoms with Crippen molar-refractivity contribution in [3.63, 3.8) is 0 Å². The summed E-state index contributed by atoms with van der Waals surface area (Å²) in [6, 6.07) is 0. The second-order valence-electron chi connectivity index (χ2n) is 4.14. The lowest BCUT2D eigenvalue weighted by molar-refractivity contribution is -0.137. The number of carboxylic acid groups (broad SMARTS) is 1. The number of aliphatic hydroxyl groups is 1. The molecule has 3 nitrogen and oxygen atoms in total. The van der Waals surface area contributed by atoms with Crippen molar-refractivity contribution in [1.82, 2.24) is 0 Å². The number of rotatable bonds is 10. The summed E-state index contributed by atoms with van der Waals surface area (Å²) in [5.41, 5.74) is 0. The molecule has 0 radical (unpaired) electrons. The highest BCUT2D eigenvalue weighted by molar-refractivity contribution is 5.66. The Balaban J connectivity index is 3.16. The molecule has 0 unspecified atom stereocenters. The van der Waals surface area contributed by atoms with Gasteiger partial charge in [-0.05, 0) is 12.8 Å². The van der Waals surface area contributed by atoms with Crippen LogP contribution >= 0.6 is 0 Å². The van der Waals surface area contributed by atoms with Crippen molar-refractivity contribution in [3.8, 4) is 0 Å². The molecule has 0 amide bonds. The van der Waals surface area contributed by atoms with Gasteiger partial charge in [0.1, 0.15) is 0 Å². The highest BCUT2D eigenvalue weighted by Gasteiger charge is 2.06. The van der Waals surface area contributed by atoms with Crippen molar-refractivity contribution in [1.29, 1.82) is 0 Å². The highest BCUT2D eigenvalue weighted by Crippen LogP contribution is 2.11. The van der Waals surface area contributed by atoms with Gasteiger partial charge in [0.15, 0.2) is 0 Å². The van der Waals surface area contributed by atoms with Gasteiger partial charge >= 0.3 is 5.97 Å². The SMILES string of the molecule is CCCCCCCC[C@H](O)CCC(=O)O. The van der Waals surface area contributed by atoms with Crippen LogP contribution < -0.4 is 0 Å². The monoisotopic (exact) mass is 216 g/mol. The van der Waals surface area contributed by atoms with E-state index >= 15 is 0 Å². The normalized spacial score (nSPS) is 12.7. The van der Waals surface area contributed by atoms with Gasteiger partial charge < -0.3 is 10.2 Å². The van der Waals surface area contributed by atoms with Crippen LogP contribution in [0.15, 0.2) is 0 Å². The van der Waals surface area contributed by atoms with E-state index in [1.54, 1.807) is 0 Å². The molecule has 0 saturated heterocycles. The molecular weight excluding hydrogens is 192 g/mol. The summed E-state index contributed by atoms with van der Waals surface area (Å²) in [5, 5.41) is 17.9. The molecule has 0 bridgehead atoms. The minimum absolute atomic E-state index is 0.0804. The van der Waals surface area contributed by atoms with Gasteiger partial charge in [0, 0.05) is 6.42 Å². The molecule has 15 heavy (non-hydrogen) atoms. The second kappa shape index (κ2) is 9.97. The number of aliphatic carboxylic acids is 1. The maximum Gasteiger partial charge on any atom is 0.303 e. The number of carboxylic acids is 1. The molecule has 0 rings (SSSR count). The molecule has 3 heteroatoms. The summed E-state index contributed by atoms with van der Waals surface area (Å²) < 4.78 is 0. The molecular formula is C12H24O3. The van der Waals surface area contributed by atoms with Gasteiger partial charge in [-0.1, -0.05) is 45.4 Å². The summed E-state index contributed by atoms with van der Waals surface area (Å²) >= 11 is 0. The number of hydrogen-bond acceptors (Lipinski definition) is 2. The molecule has 1 atom stereocenters. The second-order valence-corrected chi connectivity index (χ2v) is 4.14. The Kier molecular flexibility index (Phi) is 9.59. The topological polar surface area (TPSA) is 57.5 Å². The van der Waals surface area contributed by atoms with Crippen molar-refractivity contribution in [2.75, 3.05) is 0 Å². The first-order valence-electron chi connectivity index (χ1n) is 6.06. The van der Waals surface area contributed by atoms with Crippen LogP contribution in [0.25, 0.3) is 0 Å². The molecule has 0 aliphatic rings. The van der Waals surface area contributed by atoms with Crippen LogP contribution in [0.5, 0.6) is 0 Å². The summed E-state index contributed by atoms with van der Waals surface area (Å²) in [7, 11) is 0. The Labute approximate surface area is 92.5 Å². The first-order chi connectivity index (χ1) is 7.16. The fourth-order valence-corrected chi connectivity index (χ4v) is 1.59. The first-order valence-corrected chi connectivity index (χ1v) is 6.06. The average Bonchev–Trinajstić information content (AvgIpc) is 2.20. The van der Waals surface area contributed by atoms with Crippen LogP contribution in [0.2, 0.25) is 0 Å². The number of aliphatic hydroxyl groups excluding tert-OH is 1. The number of hydrogen-bond donors (Lipinski definition) is 2. The van der Waals surface area contributed by atoms with E-state index in [1.807, 2.05) is 0 Å². The van der Waals surface area contributed by atoms with Gasteiger partial charge in [-0.2, -0.15) is 0 Å². The minimum atomic E-state index is -0.822. The van der Waals surface area contributed by atoms with Crippen LogP contribution in [0.1, 0.15) is 64.7 Å². The zero-order chi connectivity index (χ0) is 11.5. The molecule has 90 valence electrons. The van der Waals surface area contributed by atoms with Gasteiger partial charge in [0.05, 0.1) is 6.10 Å². The van der Waals surface area contributed by atoms with Crippen LogP contribution in [0.3, 0.4) is 0 Å². The van der Waals surface area contributed by atoms with Crippen molar-refractivity contribution in [2.24, 2.45) is 0 Å². The first kappa shape index (κ1) is 14.4. The van der Waals surface area contributed by atoms with Gasteiger partial charge in [0.2, 0.25) is 0 Å². The van der Waals surface area contributed by atoms with Crippen molar-refractivity contribution < 1.29 is 15.0 Å². The Morgan fingerprint density at radius 2 is 1.67 bits per heavy atom. The van der Waals surface area contributed by atoms with E-state index < -0.39 is 12.1 Å². The highest BCUT2D eigenvalue weighted by atomic mass is 16.4. The molecule has 0 aliphatic carbocycles. The largest absolute Gasteiger partial charge is 0.481 e. The number of unbranched alkanes of at least 4 members (excludes halogenated alkanes) is 5. The maximum atomic E-state index is 10.2. The minimum Gasteiger partial charge on any atom is -0.481 e. The van der Waals surface area contributed by atoms with E-state index in [1.165, 1.54) is 25.7 Å². The molecule has 0 aromatic heterocycles. The Morgan fingerprint density at radius 3 is 2.27 bits per heavy atom. The zero-order valence-electron chi connectivity index (χ0n) is 9.74. The third-order valence-corrected chi connectivity index (χ3v) is 2.58. The van der Waals surface area contributed by atoms with E-state index in [9.17, 15) is 9.90 Å². The van der Waals surface area contributed by atoms with Crippen molar-refractivity contribution in [3.05, 3.63) is 0 Å². The third kappa shape index (κ3) is 11.4. The smallest absolute Gasteiger partial charge is 0.303 e. The Morgan fingerprint density at radius 1 is 1.07 bits per heavy atom. The van der Waals surface area contributed by atoms with E-state index in [4.69, 9.17) is 5.11 Å². The summed E-state index contributed by atoms with van der Waals surface area (Å²) in [5.74, 6) is -0.822. The maximum absolute atomic E-state index is 10.2. The predicted molar refractivity (Wildman–Crippen MR) is 60.9 cm³/mol. The van der Waals surface area contributed by atoms with Crippen LogP contribution in [-0.2, 0) is 4.79 Å². The van der Waals surface area contributed by atoms with E-state index in [2.05, 4.69) is 6.92 Å². The van der Waals surface area contributed by atoms with E-state index in [0.717, 1.165) is 19.3 Å². The lowest BCUT2D eigenvalue weighted by atomic mass is 10.0. The quantitative estimate of drug-likeness (QED) is 0.552. The third-order valence-electron chi connectivity index (χ3n) is 2.58. The van der Waals surface area contributed by atoms with Gasteiger partial charge in [-0.15, -0.1) is 0 Å². The Hall–Kier alpha value is -0.570. The van der Waals surface area contributed by atoms with Gasteiger partial charge in [-0.25, -0.2) is 0 Å². The summed E-state index contributed by atoms with van der Waals surface area (Å²) in [4.78, 5) is 10.2. The molecule has 0 spiro atoms. The van der Waals surface area contributed by atoms with Gasteiger partial charge in [-0.3, -0.25) is 4.79 Å². The van der Waals surface area contributed by atoms with Crippen LogP contribution in [0.4, 0.5) is 0 Å². The lowest BCUT2D eigenvalue weighted by Crippen LogP contribution is -2.09. The Bertz CT molecular complexity index is 157. The van der Waals surface area contributed by atoms with E-state index in [-0.39, 0.29) is 6.42 Å². The molecule has 2 N–H and O–H groups in total. The number of carbonyl (C=O) groups is 1. The zero-order valence-corrected chi connectivity index (χ0v) is 9.74. The van der Waals surface area contributed by atoms with E-state index in [0.29, 0.717) is 6.42 Å². The van der Waals surface area contributed by atoms with Crippen LogP contribution in [0, 0.1) is 0 Å². The summed E-state index contributed by atoms with van der Waals surface area (Å²) in [6.07, 6.45) is 8.03. The fraction of sp³-hybridized carbons (Fsp3) is 0.917. The van der Waals surface area contributed by atoms with Crippen molar-refractivity contribution in [2.45, 2.75) is 70.8 Å². The molecule has 0 aliphatic heterocycles. The lowest BCUT2D eigenvalue weighted by Gasteiger charge is -2.08. The predicted octanol–water partition coefficient (Wildman–Crippen LogP) is 2.96. The van der Waals surface area contributed by atoms with Crippen LogP contribution in [-0.4, -0.2) is 22.3 Å². The molecule has 0 saturated carbocycles. The molecule has 0 aromatic carbocycles. The standard InChI is InChI=1S/C12H24O3/c1-2-3-4-5-6-7-8-11(13)9-10-12(14)15/h11,13H,2-10H2,1H3,(H,14,15)/t11-/m0/s1. The molecule has 0 fully saturated rings. The fourth-order valence-electron chi connectivity index (χ4n) is 1.59. The molecule has 0 aromatic rings. The average molecular weight is 216 g/mol.